The number of benzene rings is 1. The van der Waals surface area contributed by atoms with E-state index in [1.807, 2.05) is 0 Å². The van der Waals surface area contributed by atoms with Gasteiger partial charge in [-0.25, -0.2) is 14.4 Å². The van der Waals surface area contributed by atoms with E-state index in [4.69, 9.17) is 15.3 Å². The van der Waals surface area contributed by atoms with Gasteiger partial charge in [0.15, 0.2) is 0 Å². The van der Waals surface area contributed by atoms with Crippen molar-refractivity contribution in [1.29, 1.82) is 0 Å². The third-order valence-corrected chi connectivity index (χ3v) is 1.73. The number of rotatable bonds is 3. The van der Waals surface area contributed by atoms with Gasteiger partial charge >= 0.3 is 17.9 Å². The third kappa shape index (κ3) is 3.16. The third-order valence-electron chi connectivity index (χ3n) is 1.73. The molecule has 0 aliphatic rings. The average Bonchev–Trinajstić information content (AvgIpc) is 2.16. The van der Waals surface area contributed by atoms with Crippen molar-refractivity contribution in [1.82, 2.24) is 0 Å². The second-order valence-corrected chi connectivity index (χ2v) is 2.68. The quantitative estimate of drug-likeness (QED) is 0.744. The van der Waals surface area contributed by atoms with Gasteiger partial charge in [0.1, 0.15) is 0 Å². The van der Waals surface area contributed by atoms with E-state index in [9.17, 15) is 14.4 Å². The van der Waals surface area contributed by atoms with Crippen molar-refractivity contribution < 1.29 is 65.3 Å². The van der Waals surface area contributed by atoms with Crippen molar-refractivity contribution in [3.8, 4) is 0 Å². The van der Waals surface area contributed by atoms with E-state index in [0.717, 1.165) is 18.2 Å². The zero-order chi connectivity index (χ0) is 11.6. The molecule has 0 unspecified atom stereocenters. The van der Waals surface area contributed by atoms with Crippen LogP contribution >= 0.6 is 0 Å². The van der Waals surface area contributed by atoms with E-state index in [2.05, 4.69) is 0 Å². The summed E-state index contributed by atoms with van der Waals surface area (Å²) in [5, 5.41) is 25.9. The van der Waals surface area contributed by atoms with Gasteiger partial charge in [0.2, 0.25) is 0 Å². The molecule has 0 aromatic heterocycles. The fourth-order valence-electron chi connectivity index (χ4n) is 1.04. The van der Waals surface area contributed by atoms with E-state index in [-0.39, 0.29) is 41.2 Å². The van der Waals surface area contributed by atoms with E-state index < -0.39 is 29.0 Å². The zero-order valence-electron chi connectivity index (χ0n) is 7.88. The van der Waals surface area contributed by atoms with Crippen LogP contribution in [0.5, 0.6) is 0 Å². The topological polar surface area (TPSA) is 112 Å². The van der Waals surface area contributed by atoms with Crippen molar-refractivity contribution in [3.05, 3.63) is 34.9 Å². The molecule has 0 heterocycles. The summed E-state index contributed by atoms with van der Waals surface area (Å²) in [7, 11) is 0. The van der Waals surface area contributed by atoms with E-state index in [1.54, 1.807) is 0 Å². The maximum atomic E-state index is 10.6. The summed E-state index contributed by atoms with van der Waals surface area (Å²) in [6, 6.07) is 2.81. The first kappa shape index (κ1) is 14.8. The smallest absolute Gasteiger partial charge is 0.336 e. The van der Waals surface area contributed by atoms with Crippen LogP contribution in [0.15, 0.2) is 18.2 Å². The summed E-state index contributed by atoms with van der Waals surface area (Å²) < 4.78 is 0. The fourth-order valence-corrected chi connectivity index (χ4v) is 1.04. The maximum Gasteiger partial charge on any atom is 0.336 e. The maximum absolute atomic E-state index is 10.6. The largest absolute Gasteiger partial charge is 0.478 e. The van der Waals surface area contributed by atoms with Gasteiger partial charge in [-0.15, -0.1) is 0 Å². The summed E-state index contributed by atoms with van der Waals surface area (Å²) in [6.07, 6.45) is 0. The van der Waals surface area contributed by atoms with Crippen LogP contribution in [0.25, 0.3) is 0 Å². The summed E-state index contributed by atoms with van der Waals surface area (Å²) >= 11 is 0. The Kier molecular flexibility index (Phi) is 5.36. The SMILES string of the molecule is O=C(O)c1ccc(C(=O)O)c(C(=O)O)c1.[La]. The molecule has 0 fully saturated rings. The monoisotopic (exact) mass is 349 g/mol. The number of hydrogen-bond donors (Lipinski definition) is 3. The van der Waals surface area contributed by atoms with Crippen molar-refractivity contribution in [2.75, 3.05) is 0 Å². The molecular weight excluding hydrogens is 343 g/mol. The first-order chi connectivity index (χ1) is 6.93. The van der Waals surface area contributed by atoms with Crippen LogP contribution in [0, 0.1) is 35.6 Å². The van der Waals surface area contributed by atoms with Crippen LogP contribution in [-0.2, 0) is 0 Å². The standard InChI is InChI=1S/C9H6O6.La/c10-7(11)4-1-2-5(8(12)13)6(3-4)9(14)15;/h1-3H,(H,10,11)(H,12,13)(H,14,15);. The first-order valence-electron chi connectivity index (χ1n) is 3.77. The summed E-state index contributed by atoms with van der Waals surface area (Å²) in [6.45, 7) is 0. The van der Waals surface area contributed by atoms with Crippen molar-refractivity contribution in [2.24, 2.45) is 0 Å². The second kappa shape index (κ2) is 5.79. The first-order valence-corrected chi connectivity index (χ1v) is 3.77. The summed E-state index contributed by atoms with van der Waals surface area (Å²) in [4.78, 5) is 31.8. The van der Waals surface area contributed by atoms with Gasteiger partial charge in [-0.3, -0.25) is 0 Å². The normalized spacial score (nSPS) is 9.00. The minimum Gasteiger partial charge on any atom is -0.478 e. The van der Waals surface area contributed by atoms with Gasteiger partial charge < -0.3 is 15.3 Å². The van der Waals surface area contributed by atoms with Crippen LogP contribution < -0.4 is 0 Å². The molecule has 1 aromatic rings. The predicted molar refractivity (Wildman–Crippen MR) is 47.3 cm³/mol. The van der Waals surface area contributed by atoms with Gasteiger partial charge in [0.25, 0.3) is 0 Å². The number of aromatic carboxylic acids is 3. The van der Waals surface area contributed by atoms with E-state index in [0.29, 0.717) is 0 Å². The Morgan fingerprint density at radius 2 is 1.31 bits per heavy atom. The minimum atomic E-state index is -1.48. The van der Waals surface area contributed by atoms with Gasteiger partial charge in [-0.2, -0.15) is 0 Å². The minimum absolute atomic E-state index is 0. The molecule has 3 N–H and O–H groups in total. The summed E-state index contributed by atoms with van der Waals surface area (Å²) in [5.41, 5.74) is -1.24. The predicted octanol–water partition coefficient (Wildman–Crippen LogP) is 0.781. The van der Waals surface area contributed by atoms with Crippen LogP contribution in [0.1, 0.15) is 31.1 Å². The molecule has 0 spiro atoms. The number of carbonyl (C=O) groups is 3. The Morgan fingerprint density at radius 1 is 0.812 bits per heavy atom. The molecular formula is C9H6LaO6. The fraction of sp³-hybridized carbons (Fsp3) is 0. The van der Waals surface area contributed by atoms with Crippen LogP contribution in [0.3, 0.4) is 0 Å². The molecule has 16 heavy (non-hydrogen) atoms. The van der Waals surface area contributed by atoms with Crippen molar-refractivity contribution in [2.45, 2.75) is 0 Å². The molecule has 0 amide bonds. The Morgan fingerprint density at radius 3 is 1.69 bits per heavy atom. The molecule has 1 aromatic carbocycles. The molecule has 0 atom stereocenters. The van der Waals surface area contributed by atoms with Gasteiger partial charge in [0.05, 0.1) is 16.7 Å². The molecule has 0 saturated heterocycles. The molecule has 7 heteroatoms. The molecule has 1 rings (SSSR count). The van der Waals surface area contributed by atoms with E-state index in [1.165, 1.54) is 0 Å². The van der Waals surface area contributed by atoms with E-state index >= 15 is 0 Å². The Balaban J connectivity index is 0.00000225. The summed E-state index contributed by atoms with van der Waals surface area (Å²) in [5.74, 6) is -4.20. The Bertz CT molecular complexity index is 453. The molecule has 0 saturated carbocycles. The van der Waals surface area contributed by atoms with Crippen molar-refractivity contribution >= 4 is 17.9 Å². The zero-order valence-corrected chi connectivity index (χ0v) is 11.5. The van der Waals surface area contributed by atoms with Gasteiger partial charge in [-0.05, 0) is 18.2 Å². The van der Waals surface area contributed by atoms with Crippen molar-refractivity contribution in [3.63, 3.8) is 0 Å². The Hall–Kier alpha value is -1.18. The molecule has 0 bridgehead atoms. The molecule has 81 valence electrons. The van der Waals surface area contributed by atoms with Crippen LogP contribution in [0.4, 0.5) is 0 Å². The van der Waals surface area contributed by atoms with Crippen LogP contribution in [0.2, 0.25) is 0 Å². The molecule has 6 nitrogen and oxygen atoms in total. The molecule has 0 aliphatic heterocycles. The second-order valence-electron chi connectivity index (χ2n) is 2.68. The van der Waals surface area contributed by atoms with Gasteiger partial charge in [-0.1, -0.05) is 0 Å². The average molecular weight is 349 g/mol. The van der Waals surface area contributed by atoms with Gasteiger partial charge in [0, 0.05) is 35.6 Å². The Labute approximate surface area is 117 Å². The number of hydrogen-bond acceptors (Lipinski definition) is 3. The molecule has 1 radical (unpaired) electrons. The number of carboxylic acids is 3. The molecule has 0 aliphatic carbocycles. The van der Waals surface area contributed by atoms with Crippen LogP contribution in [-0.4, -0.2) is 33.2 Å². The number of carboxylic acid groups (broad SMARTS) is 3.